The quantitative estimate of drug-likeness (QED) is 0.612. The zero-order valence-electron chi connectivity index (χ0n) is 11.0. The molecule has 0 radical (unpaired) electrons. The molecule has 0 saturated carbocycles. The van der Waals surface area contributed by atoms with Crippen LogP contribution >= 0.6 is 27.5 Å². The molecular weight excluding hydrogens is 362 g/mol. The summed E-state index contributed by atoms with van der Waals surface area (Å²) in [5.74, 6) is 4.79. The van der Waals surface area contributed by atoms with E-state index in [1.165, 1.54) is 18.2 Å². The van der Waals surface area contributed by atoms with Gasteiger partial charge in [-0.05, 0) is 42.2 Å². The van der Waals surface area contributed by atoms with Gasteiger partial charge >= 0.3 is 0 Å². The Morgan fingerprint density at radius 3 is 2.52 bits per heavy atom. The summed E-state index contributed by atoms with van der Waals surface area (Å²) in [6.07, 6.45) is 0.913. The lowest BCUT2D eigenvalue weighted by molar-refractivity contribution is 0.505. The first-order valence-corrected chi connectivity index (χ1v) is 7.51. The van der Waals surface area contributed by atoms with Crippen LogP contribution < -0.4 is 11.3 Å². The maximum atomic E-state index is 13.9. The van der Waals surface area contributed by atoms with E-state index in [0.717, 1.165) is 5.56 Å². The van der Waals surface area contributed by atoms with Gasteiger partial charge in [-0.25, -0.2) is 8.78 Å². The Morgan fingerprint density at radius 2 is 1.86 bits per heavy atom. The molecule has 0 bridgehead atoms. The molecule has 1 unspecified atom stereocenters. The van der Waals surface area contributed by atoms with E-state index in [-0.39, 0.29) is 16.9 Å². The molecule has 2 nitrogen and oxygen atoms in total. The van der Waals surface area contributed by atoms with Gasteiger partial charge in [0.05, 0.1) is 5.02 Å². The van der Waals surface area contributed by atoms with E-state index in [9.17, 15) is 8.78 Å². The Hall–Kier alpha value is -1.01. The van der Waals surface area contributed by atoms with Crippen LogP contribution in [0.2, 0.25) is 5.02 Å². The van der Waals surface area contributed by atoms with Crippen LogP contribution in [0.15, 0.2) is 40.9 Å². The molecule has 112 valence electrons. The van der Waals surface area contributed by atoms with Crippen LogP contribution in [0.25, 0.3) is 0 Å². The van der Waals surface area contributed by atoms with Gasteiger partial charge in [0.15, 0.2) is 0 Å². The van der Waals surface area contributed by atoms with Crippen molar-refractivity contribution in [3.05, 3.63) is 68.7 Å². The fourth-order valence-electron chi connectivity index (χ4n) is 2.11. The zero-order chi connectivity index (χ0) is 15.4. The van der Waals surface area contributed by atoms with Crippen LogP contribution in [-0.4, -0.2) is 6.04 Å². The van der Waals surface area contributed by atoms with Crippen LogP contribution in [0.3, 0.4) is 0 Å². The van der Waals surface area contributed by atoms with Crippen molar-refractivity contribution in [1.82, 2.24) is 5.43 Å². The minimum Gasteiger partial charge on any atom is -0.271 e. The summed E-state index contributed by atoms with van der Waals surface area (Å²) in [5, 5.41) is 0.0891. The minimum absolute atomic E-state index is 0.0891. The fourth-order valence-corrected chi connectivity index (χ4v) is 2.82. The molecular formula is C15H14BrClF2N2. The van der Waals surface area contributed by atoms with Crippen molar-refractivity contribution in [1.29, 1.82) is 0 Å². The van der Waals surface area contributed by atoms with Gasteiger partial charge in [0, 0.05) is 10.5 Å². The Labute approximate surface area is 135 Å². The van der Waals surface area contributed by atoms with Crippen molar-refractivity contribution in [3.8, 4) is 0 Å². The van der Waals surface area contributed by atoms with Crippen LogP contribution in [-0.2, 0) is 12.8 Å². The van der Waals surface area contributed by atoms with Gasteiger partial charge in [0.1, 0.15) is 11.6 Å². The average Bonchev–Trinajstić information content (AvgIpc) is 2.45. The van der Waals surface area contributed by atoms with Gasteiger partial charge in [-0.15, -0.1) is 0 Å². The Morgan fingerprint density at radius 1 is 1.14 bits per heavy atom. The molecule has 21 heavy (non-hydrogen) atoms. The molecule has 0 aliphatic rings. The summed E-state index contributed by atoms with van der Waals surface area (Å²) in [5.41, 5.74) is 4.04. The summed E-state index contributed by atoms with van der Waals surface area (Å²) in [4.78, 5) is 0. The van der Waals surface area contributed by atoms with Crippen LogP contribution in [0.1, 0.15) is 11.1 Å². The molecule has 0 heterocycles. The topological polar surface area (TPSA) is 38.0 Å². The van der Waals surface area contributed by atoms with E-state index >= 15 is 0 Å². The number of halogens is 4. The number of nitrogens with two attached hydrogens (primary N) is 1. The first-order valence-electron chi connectivity index (χ1n) is 6.34. The maximum Gasteiger partial charge on any atom is 0.145 e. The summed E-state index contributed by atoms with van der Waals surface area (Å²) in [7, 11) is 0. The van der Waals surface area contributed by atoms with E-state index in [1.54, 1.807) is 18.2 Å². The minimum atomic E-state index is -0.433. The second kappa shape index (κ2) is 7.31. The first-order chi connectivity index (χ1) is 10.0. The van der Waals surface area contributed by atoms with E-state index in [2.05, 4.69) is 21.4 Å². The number of hydrogen-bond donors (Lipinski definition) is 2. The molecule has 0 spiro atoms. The van der Waals surface area contributed by atoms with E-state index in [1.807, 2.05) is 0 Å². The number of benzene rings is 2. The van der Waals surface area contributed by atoms with Crippen molar-refractivity contribution in [2.45, 2.75) is 18.9 Å². The van der Waals surface area contributed by atoms with Gasteiger partial charge in [-0.2, -0.15) is 0 Å². The molecule has 0 fully saturated rings. The average molecular weight is 376 g/mol. The molecule has 1 atom stereocenters. The lowest BCUT2D eigenvalue weighted by Gasteiger charge is -2.17. The highest BCUT2D eigenvalue weighted by Crippen LogP contribution is 2.22. The second-order valence-electron chi connectivity index (χ2n) is 4.72. The van der Waals surface area contributed by atoms with Crippen molar-refractivity contribution in [2.24, 2.45) is 5.84 Å². The largest absolute Gasteiger partial charge is 0.271 e. The maximum absolute atomic E-state index is 13.9. The molecule has 0 aliphatic heterocycles. The molecule has 0 aromatic heterocycles. The first kappa shape index (κ1) is 16.4. The highest BCUT2D eigenvalue weighted by Gasteiger charge is 2.15. The van der Waals surface area contributed by atoms with Gasteiger partial charge in [-0.1, -0.05) is 45.7 Å². The molecule has 0 saturated heterocycles. The molecule has 2 aromatic rings. The second-order valence-corrected chi connectivity index (χ2v) is 5.98. The van der Waals surface area contributed by atoms with Crippen molar-refractivity contribution < 1.29 is 8.78 Å². The summed E-state index contributed by atoms with van der Waals surface area (Å²) in [6.45, 7) is 0. The highest BCUT2D eigenvalue weighted by atomic mass is 79.9. The lowest BCUT2D eigenvalue weighted by atomic mass is 9.99. The standard InChI is InChI=1S/C15H14BrClF2N2/c16-13-8-11(18)5-4-9(13)6-12(21-20)7-10-2-1-3-14(17)15(10)19/h1-5,8,12,21H,6-7,20H2. The highest BCUT2D eigenvalue weighted by molar-refractivity contribution is 9.10. The van der Waals surface area contributed by atoms with Crippen molar-refractivity contribution in [3.63, 3.8) is 0 Å². The Kier molecular flexibility index (Phi) is 5.70. The fraction of sp³-hybridized carbons (Fsp3) is 0.200. The third-order valence-electron chi connectivity index (χ3n) is 3.22. The number of nitrogens with one attached hydrogen (secondary N) is 1. The summed E-state index contributed by atoms with van der Waals surface area (Å²) < 4.78 is 27.6. The summed E-state index contributed by atoms with van der Waals surface area (Å²) >= 11 is 9.08. The predicted molar refractivity (Wildman–Crippen MR) is 84.0 cm³/mol. The van der Waals surface area contributed by atoms with E-state index in [0.29, 0.717) is 22.9 Å². The van der Waals surface area contributed by atoms with Crippen molar-refractivity contribution in [2.75, 3.05) is 0 Å². The van der Waals surface area contributed by atoms with Crippen LogP contribution in [0, 0.1) is 11.6 Å². The van der Waals surface area contributed by atoms with Crippen molar-refractivity contribution >= 4 is 27.5 Å². The number of rotatable bonds is 5. The lowest BCUT2D eigenvalue weighted by Crippen LogP contribution is -2.38. The van der Waals surface area contributed by atoms with E-state index < -0.39 is 5.82 Å². The van der Waals surface area contributed by atoms with Gasteiger partial charge < -0.3 is 0 Å². The number of hydrazine groups is 1. The molecule has 2 rings (SSSR count). The third kappa shape index (κ3) is 4.23. The molecule has 3 N–H and O–H groups in total. The smallest absolute Gasteiger partial charge is 0.145 e. The molecule has 0 aliphatic carbocycles. The van der Waals surface area contributed by atoms with Crippen LogP contribution in [0.5, 0.6) is 0 Å². The van der Waals surface area contributed by atoms with Gasteiger partial charge in [-0.3, -0.25) is 11.3 Å². The molecule has 6 heteroatoms. The third-order valence-corrected chi connectivity index (χ3v) is 4.25. The number of hydrogen-bond acceptors (Lipinski definition) is 2. The van der Waals surface area contributed by atoms with Gasteiger partial charge in [0.25, 0.3) is 0 Å². The molecule has 2 aromatic carbocycles. The van der Waals surface area contributed by atoms with Crippen LogP contribution in [0.4, 0.5) is 8.78 Å². The SMILES string of the molecule is NNC(Cc1ccc(F)cc1Br)Cc1cccc(Cl)c1F. The normalized spacial score (nSPS) is 12.4. The summed E-state index contributed by atoms with van der Waals surface area (Å²) in [6, 6.07) is 9.13. The zero-order valence-corrected chi connectivity index (χ0v) is 13.4. The predicted octanol–water partition coefficient (Wildman–Crippen LogP) is 4.00. The Bertz CT molecular complexity index is 637. The Balaban J connectivity index is 2.15. The van der Waals surface area contributed by atoms with E-state index in [4.69, 9.17) is 17.4 Å². The molecule has 0 amide bonds. The monoisotopic (exact) mass is 374 g/mol. The van der Waals surface area contributed by atoms with Gasteiger partial charge in [0.2, 0.25) is 0 Å².